The maximum absolute atomic E-state index is 8.61. The van der Waals surface area contributed by atoms with Crippen molar-refractivity contribution in [3.8, 4) is 0 Å². The maximum atomic E-state index is 8.61. The molecule has 2 aliphatic rings. The predicted molar refractivity (Wildman–Crippen MR) is 126 cm³/mol. The van der Waals surface area contributed by atoms with Crippen molar-refractivity contribution in [1.82, 2.24) is 15.1 Å². The minimum atomic E-state index is 0.155. The number of hydrogen-bond acceptors (Lipinski definition) is 6. The van der Waals surface area contributed by atoms with Crippen LogP contribution in [0.3, 0.4) is 0 Å². The first-order valence-corrected chi connectivity index (χ1v) is 10.9. The van der Waals surface area contributed by atoms with E-state index < -0.39 is 0 Å². The van der Waals surface area contributed by atoms with E-state index >= 15 is 0 Å². The summed E-state index contributed by atoms with van der Waals surface area (Å²) in [5.41, 5.74) is 10.4. The number of rotatable bonds is 9. The largest absolute Gasteiger partial charge is 0.398 e. The number of benzene rings is 1. The molecule has 0 atom stereocenters. The van der Waals surface area contributed by atoms with E-state index in [2.05, 4.69) is 41.6 Å². The fourth-order valence-corrected chi connectivity index (χ4v) is 4.03. The number of anilines is 1. The molecule has 0 bridgehead atoms. The molecule has 2 fully saturated rings. The van der Waals surface area contributed by atoms with Crippen molar-refractivity contribution in [3.63, 3.8) is 0 Å². The Morgan fingerprint density at radius 3 is 2.63 bits per heavy atom. The Balaban J connectivity index is 1.73. The molecule has 162 valence electrons. The van der Waals surface area contributed by atoms with Crippen molar-refractivity contribution < 1.29 is 0 Å². The molecular formula is C24H36N6. The highest BCUT2D eigenvalue weighted by atomic mass is 15.3. The summed E-state index contributed by atoms with van der Waals surface area (Å²) in [5, 5.41) is 20.4. The topological polar surface area (TPSA) is 92.2 Å². The number of nitrogens with one attached hydrogen (secondary N) is 3. The molecule has 1 saturated heterocycles. The third-order valence-electron chi connectivity index (χ3n) is 6.22. The molecule has 0 unspecified atom stereocenters. The SMILES string of the molecule is C=C1CN(/C(=C/C(=N)C(=N)c2cc(CC3(C)CC3)ccc2N)NC)CCN1CCC. The van der Waals surface area contributed by atoms with E-state index in [0.717, 1.165) is 50.5 Å². The highest BCUT2D eigenvalue weighted by molar-refractivity contribution is 6.50. The van der Waals surface area contributed by atoms with E-state index in [1.165, 1.54) is 18.4 Å². The smallest absolute Gasteiger partial charge is 0.104 e. The summed E-state index contributed by atoms with van der Waals surface area (Å²) in [6.07, 6.45) is 6.35. The van der Waals surface area contributed by atoms with E-state index in [9.17, 15) is 0 Å². The summed E-state index contributed by atoms with van der Waals surface area (Å²) >= 11 is 0. The second-order valence-corrected chi connectivity index (χ2v) is 8.95. The fourth-order valence-electron chi connectivity index (χ4n) is 4.03. The van der Waals surface area contributed by atoms with Gasteiger partial charge in [0.25, 0.3) is 0 Å². The van der Waals surface area contributed by atoms with Crippen molar-refractivity contribution in [1.29, 1.82) is 10.8 Å². The molecule has 5 N–H and O–H groups in total. The van der Waals surface area contributed by atoms with E-state index in [1.807, 2.05) is 19.2 Å². The Hall–Kier alpha value is -2.76. The third kappa shape index (κ3) is 5.04. The highest BCUT2D eigenvalue weighted by Gasteiger charge is 2.37. The van der Waals surface area contributed by atoms with Gasteiger partial charge in [-0.3, -0.25) is 10.8 Å². The fraction of sp³-hybridized carbons (Fsp3) is 0.500. The molecule has 1 heterocycles. The lowest BCUT2D eigenvalue weighted by Crippen LogP contribution is -2.46. The molecular weight excluding hydrogens is 372 g/mol. The van der Waals surface area contributed by atoms with Crippen molar-refractivity contribution in [3.05, 3.63) is 53.5 Å². The average molecular weight is 409 g/mol. The summed E-state index contributed by atoms with van der Waals surface area (Å²) in [7, 11) is 1.86. The molecule has 6 nitrogen and oxygen atoms in total. The van der Waals surface area contributed by atoms with Gasteiger partial charge in [-0.2, -0.15) is 0 Å². The van der Waals surface area contributed by atoms with Gasteiger partial charge in [0, 0.05) is 49.7 Å². The van der Waals surface area contributed by atoms with Crippen LogP contribution in [0.4, 0.5) is 5.69 Å². The molecule has 1 aliphatic carbocycles. The summed E-state index contributed by atoms with van der Waals surface area (Å²) in [6.45, 7) is 12.2. The zero-order chi connectivity index (χ0) is 21.9. The average Bonchev–Trinajstić information content (AvgIpc) is 3.45. The molecule has 0 radical (unpaired) electrons. The standard InChI is InChI=1S/C24H36N6/c1-5-10-29-11-12-30(16-17(29)2)22(28-4)14-21(26)23(27)19-13-18(6-7-20(19)25)15-24(3)8-9-24/h6-7,13-14,26-28H,2,5,8-12,15-16,25H2,1,3-4H3/b22-14+,26-21?,27-23?. The molecule has 0 aromatic heterocycles. The zero-order valence-electron chi connectivity index (χ0n) is 18.6. The van der Waals surface area contributed by atoms with Crippen LogP contribution in [-0.2, 0) is 6.42 Å². The normalized spacial score (nSPS) is 18.4. The van der Waals surface area contributed by atoms with Gasteiger partial charge in [-0.15, -0.1) is 0 Å². The monoisotopic (exact) mass is 408 g/mol. The van der Waals surface area contributed by atoms with Crippen LogP contribution in [0, 0.1) is 16.2 Å². The first kappa shape index (κ1) is 21.9. The van der Waals surface area contributed by atoms with Gasteiger partial charge in [-0.05, 0) is 48.8 Å². The van der Waals surface area contributed by atoms with Crippen molar-refractivity contribution in [2.45, 2.75) is 39.5 Å². The van der Waals surface area contributed by atoms with Crippen LogP contribution in [0.15, 0.2) is 42.4 Å². The number of nitrogens with zero attached hydrogens (tertiary/aromatic N) is 2. The molecule has 1 aromatic carbocycles. The lowest BCUT2D eigenvalue weighted by atomic mass is 9.94. The van der Waals surface area contributed by atoms with Crippen LogP contribution in [0.25, 0.3) is 0 Å². The van der Waals surface area contributed by atoms with Crippen LogP contribution in [0.5, 0.6) is 0 Å². The first-order valence-electron chi connectivity index (χ1n) is 10.9. The van der Waals surface area contributed by atoms with Crippen LogP contribution >= 0.6 is 0 Å². The number of allylic oxidation sites excluding steroid dienone is 1. The minimum absolute atomic E-state index is 0.155. The van der Waals surface area contributed by atoms with Gasteiger partial charge in [0.15, 0.2) is 0 Å². The second kappa shape index (κ2) is 8.94. The van der Waals surface area contributed by atoms with Gasteiger partial charge in [0.05, 0.1) is 18.0 Å². The zero-order valence-corrected chi connectivity index (χ0v) is 18.6. The molecule has 3 rings (SSSR count). The van der Waals surface area contributed by atoms with Crippen LogP contribution < -0.4 is 11.1 Å². The quantitative estimate of drug-likeness (QED) is 0.371. The number of nitrogens with two attached hydrogens (primary N) is 1. The van der Waals surface area contributed by atoms with Gasteiger partial charge in [0.2, 0.25) is 0 Å². The predicted octanol–water partition coefficient (Wildman–Crippen LogP) is 3.60. The Bertz CT molecular complexity index is 864. The van der Waals surface area contributed by atoms with Gasteiger partial charge < -0.3 is 20.9 Å². The van der Waals surface area contributed by atoms with E-state index in [1.54, 1.807) is 6.08 Å². The summed E-state index contributed by atoms with van der Waals surface area (Å²) in [6, 6.07) is 5.92. The number of piperazine rings is 1. The molecule has 1 aromatic rings. The number of nitrogen functional groups attached to an aromatic ring is 1. The van der Waals surface area contributed by atoms with E-state index in [0.29, 0.717) is 16.7 Å². The Labute approximate surface area is 180 Å². The first-order chi connectivity index (χ1) is 14.3. The summed E-state index contributed by atoms with van der Waals surface area (Å²) in [4.78, 5) is 4.51. The summed E-state index contributed by atoms with van der Waals surface area (Å²) in [5.74, 6) is 0.835. The lowest BCUT2D eigenvalue weighted by Gasteiger charge is -2.39. The molecule has 30 heavy (non-hydrogen) atoms. The maximum Gasteiger partial charge on any atom is 0.104 e. The van der Waals surface area contributed by atoms with Crippen LogP contribution in [-0.4, -0.2) is 54.4 Å². The second-order valence-electron chi connectivity index (χ2n) is 8.95. The molecule has 6 heteroatoms. The molecule has 0 spiro atoms. The van der Waals surface area contributed by atoms with Crippen molar-refractivity contribution in [2.75, 3.05) is 39.0 Å². The van der Waals surface area contributed by atoms with E-state index in [-0.39, 0.29) is 11.4 Å². The van der Waals surface area contributed by atoms with Gasteiger partial charge >= 0.3 is 0 Å². The Morgan fingerprint density at radius 2 is 2.03 bits per heavy atom. The lowest BCUT2D eigenvalue weighted by molar-refractivity contribution is 0.203. The van der Waals surface area contributed by atoms with Gasteiger partial charge in [0.1, 0.15) is 5.82 Å². The van der Waals surface area contributed by atoms with Gasteiger partial charge in [-0.25, -0.2) is 0 Å². The Kier molecular flexibility index (Phi) is 6.54. The minimum Gasteiger partial charge on any atom is -0.398 e. The molecule has 1 saturated carbocycles. The molecule has 0 amide bonds. The van der Waals surface area contributed by atoms with E-state index in [4.69, 9.17) is 16.6 Å². The number of hydrogen-bond donors (Lipinski definition) is 4. The Morgan fingerprint density at radius 1 is 1.30 bits per heavy atom. The van der Waals surface area contributed by atoms with Crippen LogP contribution in [0.2, 0.25) is 0 Å². The molecule has 1 aliphatic heterocycles. The third-order valence-corrected chi connectivity index (χ3v) is 6.22. The highest BCUT2D eigenvalue weighted by Crippen LogP contribution is 2.47. The van der Waals surface area contributed by atoms with Crippen LogP contribution in [0.1, 0.15) is 44.2 Å². The summed E-state index contributed by atoms with van der Waals surface area (Å²) < 4.78 is 0. The van der Waals surface area contributed by atoms with Gasteiger partial charge in [-0.1, -0.05) is 26.5 Å². The van der Waals surface area contributed by atoms with Crippen molar-refractivity contribution >= 4 is 17.1 Å². The van der Waals surface area contributed by atoms with Crippen molar-refractivity contribution in [2.24, 2.45) is 5.41 Å².